The SMILES string of the molecule is N#CCOc1cccc(NC(=O)c2ccnnc2)c1. The van der Waals surface area contributed by atoms with Crippen molar-refractivity contribution in [1.29, 1.82) is 5.26 Å². The van der Waals surface area contributed by atoms with E-state index >= 15 is 0 Å². The summed E-state index contributed by atoms with van der Waals surface area (Å²) in [6.45, 7) is -0.0360. The summed E-state index contributed by atoms with van der Waals surface area (Å²) in [6, 6.07) is 10.3. The molecule has 6 nitrogen and oxygen atoms in total. The highest BCUT2D eigenvalue weighted by Gasteiger charge is 2.06. The minimum Gasteiger partial charge on any atom is -0.479 e. The topological polar surface area (TPSA) is 87.9 Å². The van der Waals surface area contributed by atoms with Crippen molar-refractivity contribution in [3.63, 3.8) is 0 Å². The summed E-state index contributed by atoms with van der Waals surface area (Å²) in [4.78, 5) is 11.9. The summed E-state index contributed by atoms with van der Waals surface area (Å²) in [7, 11) is 0. The van der Waals surface area contributed by atoms with Crippen molar-refractivity contribution < 1.29 is 9.53 Å². The quantitative estimate of drug-likeness (QED) is 0.895. The first kappa shape index (κ1) is 12.5. The van der Waals surface area contributed by atoms with Crippen LogP contribution in [-0.4, -0.2) is 22.7 Å². The van der Waals surface area contributed by atoms with E-state index in [1.807, 2.05) is 6.07 Å². The Kier molecular flexibility index (Phi) is 4.03. The predicted molar refractivity (Wildman–Crippen MR) is 67.5 cm³/mol. The molecular weight excluding hydrogens is 244 g/mol. The Labute approximate surface area is 109 Å². The average Bonchev–Trinajstić information content (AvgIpc) is 2.46. The third-order valence-electron chi connectivity index (χ3n) is 2.24. The van der Waals surface area contributed by atoms with Gasteiger partial charge in [-0.3, -0.25) is 4.79 Å². The van der Waals surface area contributed by atoms with Crippen LogP contribution in [0.25, 0.3) is 0 Å². The number of ether oxygens (including phenoxy) is 1. The Balaban J connectivity index is 2.07. The van der Waals surface area contributed by atoms with Crippen LogP contribution in [0.5, 0.6) is 5.75 Å². The van der Waals surface area contributed by atoms with Gasteiger partial charge in [0.1, 0.15) is 11.8 Å². The Morgan fingerprint density at radius 3 is 3.00 bits per heavy atom. The fourth-order valence-electron chi connectivity index (χ4n) is 1.41. The van der Waals surface area contributed by atoms with Gasteiger partial charge in [0.05, 0.1) is 18.0 Å². The molecule has 0 radical (unpaired) electrons. The first-order chi connectivity index (χ1) is 9.29. The molecule has 6 heteroatoms. The molecule has 2 aromatic rings. The van der Waals surface area contributed by atoms with Gasteiger partial charge in [0.2, 0.25) is 0 Å². The van der Waals surface area contributed by atoms with Gasteiger partial charge >= 0.3 is 0 Å². The molecule has 0 aliphatic heterocycles. The number of hydrogen-bond acceptors (Lipinski definition) is 5. The fourth-order valence-corrected chi connectivity index (χ4v) is 1.41. The molecule has 0 atom stereocenters. The van der Waals surface area contributed by atoms with Crippen molar-refractivity contribution in [2.75, 3.05) is 11.9 Å². The summed E-state index contributed by atoms with van der Waals surface area (Å²) >= 11 is 0. The highest BCUT2D eigenvalue weighted by atomic mass is 16.5. The third-order valence-corrected chi connectivity index (χ3v) is 2.24. The summed E-state index contributed by atoms with van der Waals surface area (Å²) in [5, 5.41) is 18.4. The van der Waals surface area contributed by atoms with Gasteiger partial charge in [-0.25, -0.2) is 0 Å². The van der Waals surface area contributed by atoms with Gasteiger partial charge < -0.3 is 10.1 Å². The predicted octanol–water partition coefficient (Wildman–Crippen LogP) is 1.63. The molecule has 0 bridgehead atoms. The molecule has 1 N–H and O–H groups in total. The van der Waals surface area contributed by atoms with Crippen LogP contribution in [-0.2, 0) is 0 Å². The van der Waals surface area contributed by atoms with Gasteiger partial charge in [0.15, 0.2) is 6.61 Å². The van der Waals surface area contributed by atoms with Gasteiger partial charge in [0.25, 0.3) is 5.91 Å². The lowest BCUT2D eigenvalue weighted by Gasteiger charge is -2.07. The maximum Gasteiger partial charge on any atom is 0.257 e. The van der Waals surface area contributed by atoms with E-state index in [4.69, 9.17) is 10.00 Å². The summed E-state index contributed by atoms with van der Waals surface area (Å²) < 4.78 is 5.15. The van der Waals surface area contributed by atoms with Crippen molar-refractivity contribution in [3.05, 3.63) is 48.3 Å². The maximum atomic E-state index is 11.9. The number of anilines is 1. The van der Waals surface area contributed by atoms with Gasteiger partial charge in [-0.1, -0.05) is 6.07 Å². The number of rotatable bonds is 4. The highest BCUT2D eigenvalue weighted by molar-refractivity contribution is 6.04. The van der Waals surface area contributed by atoms with E-state index in [1.165, 1.54) is 12.4 Å². The Hall–Kier alpha value is -2.94. The Bertz CT molecular complexity index is 608. The van der Waals surface area contributed by atoms with Crippen molar-refractivity contribution in [3.8, 4) is 11.8 Å². The lowest BCUT2D eigenvalue weighted by molar-refractivity contribution is 0.102. The highest BCUT2D eigenvalue weighted by Crippen LogP contribution is 2.17. The maximum absolute atomic E-state index is 11.9. The van der Waals surface area contributed by atoms with Crippen LogP contribution in [0.4, 0.5) is 5.69 Å². The van der Waals surface area contributed by atoms with Crippen LogP contribution in [0.3, 0.4) is 0 Å². The van der Waals surface area contributed by atoms with Crippen molar-refractivity contribution in [2.24, 2.45) is 0 Å². The molecule has 1 aromatic carbocycles. The van der Waals surface area contributed by atoms with Gasteiger partial charge in [-0.05, 0) is 18.2 Å². The van der Waals surface area contributed by atoms with E-state index in [0.29, 0.717) is 17.0 Å². The lowest BCUT2D eigenvalue weighted by atomic mass is 10.2. The monoisotopic (exact) mass is 254 g/mol. The van der Waals surface area contributed by atoms with Crippen molar-refractivity contribution in [2.45, 2.75) is 0 Å². The number of nitrogens with one attached hydrogen (secondary N) is 1. The zero-order chi connectivity index (χ0) is 13.5. The Morgan fingerprint density at radius 1 is 1.37 bits per heavy atom. The van der Waals surface area contributed by atoms with Gasteiger partial charge in [-0.15, -0.1) is 0 Å². The van der Waals surface area contributed by atoms with E-state index in [-0.39, 0.29) is 12.5 Å². The van der Waals surface area contributed by atoms with E-state index in [2.05, 4.69) is 15.5 Å². The second-order valence-electron chi connectivity index (χ2n) is 3.56. The third kappa shape index (κ3) is 3.51. The van der Waals surface area contributed by atoms with Crippen LogP contribution >= 0.6 is 0 Å². The first-order valence-corrected chi connectivity index (χ1v) is 5.47. The summed E-state index contributed by atoms with van der Waals surface area (Å²) in [5.74, 6) is 0.236. The molecule has 2 rings (SSSR count). The molecule has 0 spiro atoms. The van der Waals surface area contributed by atoms with Crippen molar-refractivity contribution >= 4 is 11.6 Å². The van der Waals surface area contributed by atoms with E-state index in [0.717, 1.165) is 0 Å². The smallest absolute Gasteiger partial charge is 0.257 e. The first-order valence-electron chi connectivity index (χ1n) is 5.47. The molecule has 0 aliphatic rings. The largest absolute Gasteiger partial charge is 0.479 e. The molecule has 19 heavy (non-hydrogen) atoms. The summed E-state index contributed by atoms with van der Waals surface area (Å²) in [6.07, 6.45) is 2.83. The van der Waals surface area contributed by atoms with E-state index in [9.17, 15) is 4.79 Å². The normalized spacial score (nSPS) is 9.42. The number of benzene rings is 1. The number of aromatic nitrogens is 2. The second kappa shape index (κ2) is 6.12. The van der Waals surface area contributed by atoms with Gasteiger partial charge in [0, 0.05) is 11.8 Å². The fraction of sp³-hybridized carbons (Fsp3) is 0.0769. The second-order valence-corrected chi connectivity index (χ2v) is 3.56. The number of hydrogen-bond donors (Lipinski definition) is 1. The lowest BCUT2D eigenvalue weighted by Crippen LogP contribution is -2.12. The van der Waals surface area contributed by atoms with E-state index in [1.54, 1.807) is 30.3 Å². The molecular formula is C13H10N4O2. The Morgan fingerprint density at radius 2 is 2.26 bits per heavy atom. The molecule has 0 unspecified atom stereocenters. The molecule has 0 saturated heterocycles. The number of nitrogens with zero attached hydrogens (tertiary/aromatic N) is 3. The molecule has 1 heterocycles. The van der Waals surface area contributed by atoms with Crippen LogP contribution in [0.15, 0.2) is 42.7 Å². The number of carbonyl (C=O) groups is 1. The molecule has 1 aromatic heterocycles. The van der Waals surface area contributed by atoms with Crippen LogP contribution < -0.4 is 10.1 Å². The standard InChI is InChI=1S/C13H10N4O2/c14-5-7-19-12-3-1-2-11(8-12)17-13(18)10-4-6-15-16-9-10/h1-4,6,8-9H,7H2,(H,17,18). The summed E-state index contributed by atoms with van der Waals surface area (Å²) in [5.41, 5.74) is 0.996. The zero-order valence-corrected chi connectivity index (χ0v) is 9.91. The number of amides is 1. The van der Waals surface area contributed by atoms with Gasteiger partial charge in [-0.2, -0.15) is 15.5 Å². The molecule has 1 amide bonds. The van der Waals surface area contributed by atoms with Crippen LogP contribution in [0, 0.1) is 11.3 Å². The molecule has 0 aliphatic carbocycles. The zero-order valence-electron chi connectivity index (χ0n) is 9.91. The molecule has 94 valence electrons. The van der Waals surface area contributed by atoms with E-state index < -0.39 is 0 Å². The van der Waals surface area contributed by atoms with Crippen LogP contribution in [0.1, 0.15) is 10.4 Å². The molecule has 0 fully saturated rings. The molecule has 0 saturated carbocycles. The number of carbonyl (C=O) groups excluding carboxylic acids is 1. The number of nitriles is 1. The van der Waals surface area contributed by atoms with Crippen molar-refractivity contribution in [1.82, 2.24) is 10.2 Å². The van der Waals surface area contributed by atoms with Crippen LogP contribution in [0.2, 0.25) is 0 Å². The minimum atomic E-state index is -0.285. The minimum absolute atomic E-state index is 0.0360. The average molecular weight is 254 g/mol.